The highest BCUT2D eigenvalue weighted by Gasteiger charge is 2.49. The molecule has 1 amide bonds. The van der Waals surface area contributed by atoms with Gasteiger partial charge in [-0.2, -0.15) is 0 Å². The van der Waals surface area contributed by atoms with Gasteiger partial charge in [-0.25, -0.2) is 0 Å². The van der Waals surface area contributed by atoms with Gasteiger partial charge < -0.3 is 10.1 Å². The lowest BCUT2D eigenvalue weighted by Crippen LogP contribution is -2.61. The molecule has 19 heavy (non-hydrogen) atoms. The molecule has 0 aromatic heterocycles. The van der Waals surface area contributed by atoms with E-state index in [0.717, 1.165) is 11.8 Å². The van der Waals surface area contributed by atoms with Crippen LogP contribution < -0.4 is 5.32 Å². The van der Waals surface area contributed by atoms with Gasteiger partial charge in [-0.05, 0) is 24.1 Å². The van der Waals surface area contributed by atoms with Crippen molar-refractivity contribution < 1.29 is 9.53 Å². The second-order valence-corrected chi connectivity index (χ2v) is 6.20. The van der Waals surface area contributed by atoms with Gasteiger partial charge in [0.2, 0.25) is 0 Å². The predicted molar refractivity (Wildman–Crippen MR) is 79.5 cm³/mol. The maximum Gasteiger partial charge on any atom is 0.251 e. The third-order valence-corrected chi connectivity index (χ3v) is 4.79. The number of carbonyl (C=O) groups is 1. The summed E-state index contributed by atoms with van der Waals surface area (Å²) in [7, 11) is 1.73. The summed E-state index contributed by atoms with van der Waals surface area (Å²) in [5.41, 5.74) is 1.88. The fourth-order valence-corrected chi connectivity index (χ4v) is 2.89. The van der Waals surface area contributed by atoms with Crippen LogP contribution in [0.15, 0.2) is 24.3 Å². The standard InChI is InChI=1S/C15H20BrNO2/c1-15(2)12(8-13(15)19-3)17-14(18)11-6-4-10(9-16)5-7-11/h4-7,12-13H,8-9H2,1-3H3,(H,17,18). The Kier molecular flexibility index (Phi) is 4.31. The van der Waals surface area contributed by atoms with Crippen LogP contribution in [0.3, 0.4) is 0 Å². The van der Waals surface area contributed by atoms with E-state index in [9.17, 15) is 4.79 Å². The molecule has 1 aliphatic rings. The second kappa shape index (κ2) is 5.63. The van der Waals surface area contributed by atoms with Crippen molar-refractivity contribution >= 4 is 21.8 Å². The summed E-state index contributed by atoms with van der Waals surface area (Å²) in [6.45, 7) is 4.26. The Morgan fingerprint density at radius 3 is 2.53 bits per heavy atom. The van der Waals surface area contributed by atoms with Gasteiger partial charge in [-0.3, -0.25) is 4.79 Å². The Morgan fingerprint density at radius 2 is 2.05 bits per heavy atom. The van der Waals surface area contributed by atoms with Crippen LogP contribution >= 0.6 is 15.9 Å². The minimum absolute atomic E-state index is 0.000208. The first kappa shape index (κ1) is 14.5. The molecule has 104 valence electrons. The fraction of sp³-hybridized carbons (Fsp3) is 0.533. The van der Waals surface area contributed by atoms with Gasteiger partial charge in [-0.1, -0.05) is 41.9 Å². The van der Waals surface area contributed by atoms with Gasteiger partial charge in [0.25, 0.3) is 5.91 Å². The van der Waals surface area contributed by atoms with Crippen LogP contribution in [0.4, 0.5) is 0 Å². The average molecular weight is 326 g/mol. The minimum atomic E-state index is -0.00579. The van der Waals surface area contributed by atoms with Gasteiger partial charge in [0, 0.05) is 29.5 Å². The van der Waals surface area contributed by atoms with Gasteiger partial charge >= 0.3 is 0 Å². The minimum Gasteiger partial charge on any atom is -0.381 e. The molecule has 0 bridgehead atoms. The zero-order chi connectivity index (χ0) is 14.0. The maximum atomic E-state index is 12.2. The molecule has 0 aliphatic heterocycles. The Morgan fingerprint density at radius 1 is 1.42 bits per heavy atom. The molecule has 0 radical (unpaired) electrons. The number of hydrogen-bond donors (Lipinski definition) is 1. The summed E-state index contributed by atoms with van der Waals surface area (Å²) >= 11 is 3.39. The van der Waals surface area contributed by atoms with Crippen molar-refractivity contribution in [3.63, 3.8) is 0 Å². The maximum absolute atomic E-state index is 12.2. The smallest absolute Gasteiger partial charge is 0.251 e. The van der Waals surface area contributed by atoms with Crippen LogP contribution in [0.25, 0.3) is 0 Å². The molecular weight excluding hydrogens is 306 g/mol. The Bertz CT molecular complexity index is 456. The van der Waals surface area contributed by atoms with Crippen LogP contribution in [0.1, 0.15) is 36.2 Å². The topological polar surface area (TPSA) is 38.3 Å². The predicted octanol–water partition coefficient (Wildman–Crippen LogP) is 3.12. The van der Waals surface area contributed by atoms with E-state index in [1.54, 1.807) is 7.11 Å². The highest BCUT2D eigenvalue weighted by atomic mass is 79.9. The quantitative estimate of drug-likeness (QED) is 0.864. The van der Waals surface area contributed by atoms with E-state index in [2.05, 4.69) is 35.1 Å². The largest absolute Gasteiger partial charge is 0.381 e. The van der Waals surface area contributed by atoms with E-state index < -0.39 is 0 Å². The summed E-state index contributed by atoms with van der Waals surface area (Å²) in [5, 5.41) is 3.90. The molecule has 1 aromatic carbocycles. The third-order valence-electron chi connectivity index (χ3n) is 4.14. The number of hydrogen-bond acceptors (Lipinski definition) is 2. The molecule has 0 saturated heterocycles. The van der Waals surface area contributed by atoms with Crippen molar-refractivity contribution in [2.75, 3.05) is 7.11 Å². The van der Waals surface area contributed by atoms with Gasteiger partial charge in [0.1, 0.15) is 0 Å². The Labute approximate surface area is 122 Å². The van der Waals surface area contributed by atoms with E-state index in [-0.39, 0.29) is 23.5 Å². The van der Waals surface area contributed by atoms with Crippen molar-refractivity contribution in [2.45, 2.75) is 37.7 Å². The van der Waals surface area contributed by atoms with Crippen molar-refractivity contribution in [1.29, 1.82) is 0 Å². The lowest BCUT2D eigenvalue weighted by molar-refractivity contribution is -0.0942. The van der Waals surface area contributed by atoms with Gasteiger partial charge in [-0.15, -0.1) is 0 Å². The molecule has 2 atom stereocenters. The van der Waals surface area contributed by atoms with Crippen LogP contribution in [-0.2, 0) is 10.1 Å². The highest BCUT2D eigenvalue weighted by Crippen LogP contribution is 2.42. The highest BCUT2D eigenvalue weighted by molar-refractivity contribution is 9.08. The summed E-state index contributed by atoms with van der Waals surface area (Å²) < 4.78 is 5.39. The zero-order valence-electron chi connectivity index (χ0n) is 11.6. The molecule has 2 rings (SSSR count). The molecular formula is C15H20BrNO2. The first-order chi connectivity index (χ1) is 8.98. The summed E-state index contributed by atoms with van der Waals surface area (Å²) in [6, 6.07) is 7.85. The number of nitrogens with one attached hydrogen (secondary N) is 1. The van der Waals surface area contributed by atoms with E-state index in [0.29, 0.717) is 5.56 Å². The first-order valence-electron chi connectivity index (χ1n) is 6.47. The monoisotopic (exact) mass is 325 g/mol. The SMILES string of the molecule is COC1CC(NC(=O)c2ccc(CBr)cc2)C1(C)C. The number of benzene rings is 1. The van der Waals surface area contributed by atoms with Crippen molar-refractivity contribution in [3.05, 3.63) is 35.4 Å². The molecule has 1 aromatic rings. The number of rotatable bonds is 4. The molecule has 4 heteroatoms. The fourth-order valence-electron chi connectivity index (χ4n) is 2.52. The normalized spacial score (nSPS) is 24.6. The van der Waals surface area contributed by atoms with Crippen LogP contribution in [0.5, 0.6) is 0 Å². The van der Waals surface area contributed by atoms with Gasteiger partial charge in [0.05, 0.1) is 6.10 Å². The number of carbonyl (C=O) groups excluding carboxylic acids is 1. The number of methoxy groups -OCH3 is 1. The van der Waals surface area contributed by atoms with Crippen molar-refractivity contribution in [2.24, 2.45) is 5.41 Å². The molecule has 1 aliphatic carbocycles. The van der Waals surface area contributed by atoms with E-state index >= 15 is 0 Å². The van der Waals surface area contributed by atoms with Crippen molar-refractivity contribution in [3.8, 4) is 0 Å². The lowest BCUT2D eigenvalue weighted by Gasteiger charge is -2.51. The van der Waals surface area contributed by atoms with Gasteiger partial charge in [0.15, 0.2) is 0 Å². The molecule has 0 heterocycles. The molecule has 1 fully saturated rings. The van der Waals surface area contributed by atoms with Crippen LogP contribution in [-0.4, -0.2) is 25.2 Å². The Balaban J connectivity index is 1.98. The van der Waals surface area contributed by atoms with E-state index in [1.165, 1.54) is 5.56 Å². The number of halogens is 1. The van der Waals surface area contributed by atoms with E-state index in [1.807, 2.05) is 24.3 Å². The lowest BCUT2D eigenvalue weighted by atomic mass is 9.64. The first-order valence-corrected chi connectivity index (χ1v) is 7.59. The summed E-state index contributed by atoms with van der Waals surface area (Å²) in [5.74, 6) is -0.00579. The molecule has 1 saturated carbocycles. The van der Waals surface area contributed by atoms with Crippen LogP contribution in [0, 0.1) is 5.41 Å². The van der Waals surface area contributed by atoms with E-state index in [4.69, 9.17) is 4.74 Å². The number of alkyl halides is 1. The third kappa shape index (κ3) is 2.84. The second-order valence-electron chi connectivity index (χ2n) is 5.64. The molecule has 1 N–H and O–H groups in total. The van der Waals surface area contributed by atoms with Crippen molar-refractivity contribution in [1.82, 2.24) is 5.32 Å². The molecule has 3 nitrogen and oxygen atoms in total. The summed E-state index contributed by atoms with van der Waals surface area (Å²) in [6.07, 6.45) is 1.11. The Hall–Kier alpha value is -0.870. The summed E-state index contributed by atoms with van der Waals surface area (Å²) in [4.78, 5) is 12.2. The number of ether oxygens (including phenoxy) is 1. The molecule has 0 spiro atoms. The molecule has 2 unspecified atom stereocenters. The number of amides is 1. The zero-order valence-corrected chi connectivity index (χ0v) is 13.2. The van der Waals surface area contributed by atoms with Crippen LogP contribution in [0.2, 0.25) is 0 Å². The average Bonchev–Trinajstić information content (AvgIpc) is 2.42.